The number of rotatable bonds is 62. The second-order valence-corrected chi connectivity index (χ2v) is 24.5. The summed E-state index contributed by atoms with van der Waals surface area (Å²) in [6, 6.07) is 0. The lowest BCUT2D eigenvalue weighted by molar-refractivity contribution is -0.132. The molecule has 17 nitrogen and oxygen atoms in total. The van der Waals surface area contributed by atoms with Crippen molar-refractivity contribution in [2.75, 3.05) is 90.0 Å². The van der Waals surface area contributed by atoms with E-state index in [4.69, 9.17) is 28.7 Å². The van der Waals surface area contributed by atoms with Gasteiger partial charge in [0.05, 0.1) is 0 Å². The Hall–Kier alpha value is -3.03. The van der Waals surface area contributed by atoms with E-state index in [-0.39, 0.29) is 126 Å². The van der Waals surface area contributed by atoms with Gasteiger partial charge in [0, 0.05) is 127 Å². The van der Waals surface area contributed by atoms with Crippen molar-refractivity contribution in [3.63, 3.8) is 0 Å². The number of thioether (sulfide) groups is 1. The van der Waals surface area contributed by atoms with Gasteiger partial charge in [-0.2, -0.15) is 11.8 Å². The maximum Gasteiger partial charge on any atom is 0.224 e. The molecule has 0 heterocycles. The van der Waals surface area contributed by atoms with Crippen molar-refractivity contribution in [3.05, 3.63) is 0 Å². The van der Waals surface area contributed by atoms with Gasteiger partial charge in [-0.05, 0) is 38.5 Å². The van der Waals surface area contributed by atoms with Crippen LogP contribution in [0.4, 0.5) is 0 Å². The first-order valence-electron chi connectivity index (χ1n) is 33.8. The largest absolute Gasteiger partial charge is 0.355 e. The molecule has 0 aromatic carbocycles. The molecule has 482 valence electrons. The topological polar surface area (TPSA) is 296 Å². The summed E-state index contributed by atoms with van der Waals surface area (Å²) in [5.41, 5.74) is 28.7. The highest BCUT2D eigenvalue weighted by Gasteiger charge is 2.35. The van der Waals surface area contributed by atoms with Gasteiger partial charge in [0.15, 0.2) is 0 Å². The molecule has 0 rings (SSSR count). The average Bonchev–Trinajstić information content (AvgIpc) is 3.52. The number of nitrogens with one attached hydrogen (secondary N) is 5. The normalized spacial score (nSPS) is 12.8. The monoisotopic (exact) mass is 1180 g/mol. The summed E-state index contributed by atoms with van der Waals surface area (Å²) in [5, 5.41) is 14.2. The lowest BCUT2D eigenvalue weighted by Gasteiger charge is -2.28. The Kier molecular flexibility index (Phi) is 57.5. The van der Waals surface area contributed by atoms with E-state index in [2.05, 4.69) is 45.3 Å². The highest BCUT2D eigenvalue weighted by atomic mass is 32.2. The third-order valence-electron chi connectivity index (χ3n) is 15.8. The molecule has 6 amide bonds. The molecule has 0 aliphatic heterocycles. The number of nitrogens with zero attached hydrogens (tertiary/aromatic N) is 1. The first-order chi connectivity index (χ1) is 40.0. The minimum Gasteiger partial charge on any atom is -0.355 e. The van der Waals surface area contributed by atoms with Gasteiger partial charge in [-0.15, -0.1) is 0 Å². The fourth-order valence-electron chi connectivity index (χ4n) is 10.8. The lowest BCUT2D eigenvalue weighted by atomic mass is 9.80. The van der Waals surface area contributed by atoms with Crippen molar-refractivity contribution in [1.29, 1.82) is 0 Å². The van der Waals surface area contributed by atoms with E-state index in [1.165, 1.54) is 192 Å². The zero-order chi connectivity index (χ0) is 60.4. The molecule has 0 aliphatic rings. The van der Waals surface area contributed by atoms with Crippen LogP contribution in [0.5, 0.6) is 0 Å². The van der Waals surface area contributed by atoms with E-state index in [0.717, 1.165) is 38.8 Å². The molecule has 0 aliphatic carbocycles. The highest BCUT2D eigenvalue weighted by Crippen LogP contribution is 2.30. The van der Waals surface area contributed by atoms with Gasteiger partial charge in [-0.25, -0.2) is 0 Å². The van der Waals surface area contributed by atoms with Crippen LogP contribution in [-0.4, -0.2) is 130 Å². The molecule has 0 saturated heterocycles. The Morgan fingerprint density at radius 1 is 0.354 bits per heavy atom. The van der Waals surface area contributed by atoms with Crippen molar-refractivity contribution in [3.8, 4) is 0 Å². The number of amides is 6. The summed E-state index contributed by atoms with van der Waals surface area (Å²) >= 11 is 1.52. The van der Waals surface area contributed by atoms with E-state index in [9.17, 15) is 28.8 Å². The van der Waals surface area contributed by atoms with Gasteiger partial charge in [-0.3, -0.25) is 28.8 Å². The van der Waals surface area contributed by atoms with Crippen molar-refractivity contribution in [2.45, 2.75) is 258 Å². The molecule has 0 bridgehead atoms. The van der Waals surface area contributed by atoms with E-state index in [0.29, 0.717) is 24.5 Å². The van der Waals surface area contributed by atoms with E-state index < -0.39 is 23.7 Å². The van der Waals surface area contributed by atoms with Gasteiger partial charge in [0.25, 0.3) is 0 Å². The molecule has 15 N–H and O–H groups in total. The third kappa shape index (κ3) is 47.2. The van der Waals surface area contributed by atoms with Crippen LogP contribution < -0.4 is 55.3 Å². The van der Waals surface area contributed by atoms with Crippen molar-refractivity contribution < 1.29 is 28.8 Å². The zero-order valence-electron chi connectivity index (χ0n) is 52.8. The van der Waals surface area contributed by atoms with Crippen LogP contribution in [0.1, 0.15) is 258 Å². The van der Waals surface area contributed by atoms with Crippen LogP contribution >= 0.6 is 11.8 Å². The Labute approximate surface area is 505 Å². The Balaban J connectivity index is 5.87. The van der Waals surface area contributed by atoms with Crippen LogP contribution in [0, 0.1) is 23.7 Å². The van der Waals surface area contributed by atoms with Crippen LogP contribution in [0.3, 0.4) is 0 Å². The summed E-state index contributed by atoms with van der Waals surface area (Å²) < 4.78 is 0. The molecule has 0 aromatic heterocycles. The number of unbranched alkanes of at least 4 members (excludes halogenated alkanes) is 30. The molecule has 18 heteroatoms. The summed E-state index contributed by atoms with van der Waals surface area (Å²) in [5.74, 6) is -3.72. The van der Waals surface area contributed by atoms with Gasteiger partial charge in [0.2, 0.25) is 35.4 Å². The number of nitrogens with two attached hydrogens (primary N) is 5. The van der Waals surface area contributed by atoms with E-state index in [1.807, 2.05) is 0 Å². The quantitative estimate of drug-likeness (QED) is 0.0255. The van der Waals surface area contributed by atoms with E-state index >= 15 is 0 Å². The SMILES string of the molecule is CCCCCCCCCCCCCCCCCCN(CCCCCCCCCCCCCCCCCC)C(=O)CCSCC(CC(CC(CC(CCC(=O)NCCN)C(=O)NCCN)C(=O)NCCN)C(=O)NCCN)C(=O)NCCN. The standard InChI is InChI=1S/C64H129N11O6S/c1-3-5-7-9-11-13-15-17-19-21-23-25-27-29-31-33-48-75(49-34-32-30-28-26-24-22-20-18-16-14-12-10-8-6-4-2)60(77)37-50-82-54-58(64(81)74-47-42-69)53-57(63(80)73-46-41-68)52-56(62(79)72-45-40-67)51-55(61(78)71-44-39-66)35-36-59(76)70-43-38-65/h55-58H,3-54,65-69H2,1-2H3,(H,70,76)(H,71,78)(H,72,79)(H,73,80)(H,74,81). The number of carbonyl (C=O) groups excluding carboxylic acids is 6. The number of carbonyl (C=O) groups is 6. The second-order valence-electron chi connectivity index (χ2n) is 23.3. The van der Waals surface area contributed by atoms with Crippen LogP contribution in [0.25, 0.3) is 0 Å². The maximum atomic E-state index is 14.0. The molecular formula is C64H129N11O6S. The average molecular weight is 1180 g/mol. The Morgan fingerprint density at radius 3 is 0.976 bits per heavy atom. The van der Waals surface area contributed by atoms with Gasteiger partial charge in [0.1, 0.15) is 0 Å². The van der Waals surface area contributed by atoms with Crippen molar-refractivity contribution >= 4 is 47.2 Å². The summed E-state index contributed by atoms with van der Waals surface area (Å²) in [6.07, 6.45) is 42.4. The predicted octanol–water partition coefficient (Wildman–Crippen LogP) is 9.25. The van der Waals surface area contributed by atoms with Crippen LogP contribution in [0.15, 0.2) is 0 Å². The number of hydrogen-bond donors (Lipinski definition) is 10. The number of hydrogen-bond acceptors (Lipinski definition) is 12. The molecule has 0 saturated carbocycles. The maximum absolute atomic E-state index is 14.0. The molecule has 4 unspecified atom stereocenters. The molecule has 4 atom stereocenters. The summed E-state index contributed by atoms with van der Waals surface area (Å²) in [6.45, 7) is 8.28. The Morgan fingerprint density at radius 2 is 0.634 bits per heavy atom. The van der Waals surface area contributed by atoms with Gasteiger partial charge in [-0.1, -0.05) is 206 Å². The van der Waals surface area contributed by atoms with Crippen LogP contribution in [0.2, 0.25) is 0 Å². The minimum absolute atomic E-state index is 0.0182. The summed E-state index contributed by atoms with van der Waals surface area (Å²) in [4.78, 5) is 84.2. The fourth-order valence-corrected chi connectivity index (χ4v) is 11.9. The van der Waals surface area contributed by atoms with E-state index in [1.54, 1.807) is 0 Å². The molecule has 0 radical (unpaired) electrons. The highest BCUT2D eigenvalue weighted by molar-refractivity contribution is 7.99. The van der Waals surface area contributed by atoms with Gasteiger partial charge >= 0.3 is 0 Å². The smallest absolute Gasteiger partial charge is 0.224 e. The molecule has 0 spiro atoms. The molecule has 0 fully saturated rings. The predicted molar refractivity (Wildman–Crippen MR) is 345 cm³/mol. The molecule has 0 aromatic rings. The fraction of sp³-hybridized carbons (Fsp3) is 0.906. The first kappa shape index (κ1) is 79.0. The zero-order valence-corrected chi connectivity index (χ0v) is 53.6. The summed E-state index contributed by atoms with van der Waals surface area (Å²) in [7, 11) is 0. The molecule has 82 heavy (non-hydrogen) atoms. The van der Waals surface area contributed by atoms with Crippen molar-refractivity contribution in [2.24, 2.45) is 52.3 Å². The van der Waals surface area contributed by atoms with Crippen LogP contribution in [-0.2, 0) is 28.8 Å². The van der Waals surface area contributed by atoms with Gasteiger partial charge < -0.3 is 60.2 Å². The van der Waals surface area contributed by atoms with Crippen molar-refractivity contribution in [1.82, 2.24) is 31.5 Å². The second kappa shape index (κ2) is 59.7. The lowest BCUT2D eigenvalue weighted by Crippen LogP contribution is -2.43. The third-order valence-corrected chi connectivity index (χ3v) is 17.0. The minimum atomic E-state index is -0.853. The first-order valence-corrected chi connectivity index (χ1v) is 34.9. The molecular weight excluding hydrogens is 1050 g/mol. The Bertz CT molecular complexity index is 1500.